The number of phenols is 1. The van der Waals surface area contributed by atoms with E-state index in [1.54, 1.807) is 19.1 Å². The van der Waals surface area contributed by atoms with Gasteiger partial charge in [-0.3, -0.25) is 0 Å². The van der Waals surface area contributed by atoms with Gasteiger partial charge in [-0.25, -0.2) is 0 Å². The molecule has 0 bridgehead atoms. The monoisotopic (exact) mass is 300 g/mol. The summed E-state index contributed by atoms with van der Waals surface area (Å²) in [5.74, 6) is 0.961. The van der Waals surface area contributed by atoms with Crippen LogP contribution in [-0.4, -0.2) is 10.2 Å². The minimum Gasteiger partial charge on any atom is -0.512 e. The number of rotatable bonds is 6. The summed E-state index contributed by atoms with van der Waals surface area (Å²) in [6.07, 6.45) is 5.65. The minimum atomic E-state index is 0.275. The van der Waals surface area contributed by atoms with Gasteiger partial charge in [0.2, 0.25) is 0 Å². The van der Waals surface area contributed by atoms with Crippen LogP contribution in [0.5, 0.6) is 5.75 Å². The van der Waals surface area contributed by atoms with Gasteiger partial charge in [-0.2, -0.15) is 0 Å². The standard InChI is InChI=1S/C20H28O2/c1-7-17(12-20(13(2)3)16(6)21)8-9-19-14(4)10-18(22)11-15(19)5/h7,10-13,21-22H,1,8-9H2,2-6H3/b17-12+,20-16-. The van der Waals surface area contributed by atoms with Crippen molar-refractivity contribution < 1.29 is 10.2 Å². The average molecular weight is 300 g/mol. The maximum Gasteiger partial charge on any atom is 0.116 e. The highest BCUT2D eigenvalue weighted by Crippen LogP contribution is 2.24. The summed E-state index contributed by atoms with van der Waals surface area (Å²) in [4.78, 5) is 0. The Morgan fingerprint density at radius 3 is 2.18 bits per heavy atom. The molecule has 0 fully saturated rings. The normalized spacial score (nSPS) is 13.3. The Morgan fingerprint density at radius 1 is 1.23 bits per heavy atom. The van der Waals surface area contributed by atoms with Crippen LogP contribution in [0.4, 0.5) is 0 Å². The molecule has 2 N–H and O–H groups in total. The lowest BCUT2D eigenvalue weighted by Gasteiger charge is -2.13. The molecule has 0 atom stereocenters. The van der Waals surface area contributed by atoms with Crippen LogP contribution in [0, 0.1) is 19.8 Å². The van der Waals surface area contributed by atoms with E-state index in [0.29, 0.717) is 11.5 Å². The molecule has 0 aliphatic carbocycles. The number of hydrogen-bond donors (Lipinski definition) is 2. The summed E-state index contributed by atoms with van der Waals surface area (Å²) in [6, 6.07) is 3.61. The van der Waals surface area contributed by atoms with Gasteiger partial charge < -0.3 is 10.2 Å². The van der Waals surface area contributed by atoms with Crippen molar-refractivity contribution in [1.29, 1.82) is 0 Å². The first-order valence-electron chi connectivity index (χ1n) is 7.78. The molecule has 2 heteroatoms. The summed E-state index contributed by atoms with van der Waals surface area (Å²) < 4.78 is 0. The van der Waals surface area contributed by atoms with Crippen molar-refractivity contribution >= 4 is 0 Å². The molecule has 22 heavy (non-hydrogen) atoms. The van der Waals surface area contributed by atoms with E-state index in [9.17, 15) is 10.2 Å². The molecule has 0 aliphatic heterocycles. The number of aryl methyl sites for hydroxylation is 2. The molecule has 2 nitrogen and oxygen atoms in total. The molecule has 1 aromatic carbocycles. The van der Waals surface area contributed by atoms with E-state index in [1.165, 1.54) is 5.56 Å². The summed E-state index contributed by atoms with van der Waals surface area (Å²) in [5, 5.41) is 19.4. The number of aliphatic hydroxyl groups is 1. The number of aliphatic hydroxyl groups excluding tert-OH is 1. The Morgan fingerprint density at radius 2 is 1.77 bits per heavy atom. The number of hydrogen-bond acceptors (Lipinski definition) is 2. The SMILES string of the molecule is C=C/C(=C\C(=C(/C)O)C(C)C)CCc1c(C)cc(O)cc1C. The smallest absolute Gasteiger partial charge is 0.116 e. The lowest BCUT2D eigenvalue weighted by molar-refractivity contribution is 0.401. The molecule has 0 spiro atoms. The quantitative estimate of drug-likeness (QED) is 0.534. The van der Waals surface area contributed by atoms with Gasteiger partial charge in [0.25, 0.3) is 0 Å². The van der Waals surface area contributed by atoms with Crippen molar-refractivity contribution in [2.75, 3.05) is 0 Å². The first kappa shape index (κ1) is 18.1. The fourth-order valence-corrected chi connectivity index (χ4v) is 2.76. The third-order valence-corrected chi connectivity index (χ3v) is 3.99. The third kappa shape index (κ3) is 4.80. The minimum absolute atomic E-state index is 0.275. The van der Waals surface area contributed by atoms with Gasteiger partial charge in [-0.15, -0.1) is 0 Å². The van der Waals surface area contributed by atoms with E-state index in [4.69, 9.17) is 0 Å². The molecule has 0 heterocycles. The molecule has 1 rings (SSSR count). The highest BCUT2D eigenvalue weighted by atomic mass is 16.3. The summed E-state index contributed by atoms with van der Waals surface area (Å²) in [7, 11) is 0. The number of aromatic hydroxyl groups is 1. The highest BCUT2D eigenvalue weighted by Gasteiger charge is 2.08. The molecule has 0 saturated heterocycles. The fraction of sp³-hybridized carbons (Fsp3) is 0.400. The second-order valence-corrected chi connectivity index (χ2v) is 6.18. The molecular formula is C20H28O2. The second-order valence-electron chi connectivity index (χ2n) is 6.18. The van der Waals surface area contributed by atoms with E-state index in [0.717, 1.165) is 35.1 Å². The Balaban J connectivity index is 2.98. The number of allylic oxidation sites excluding steroid dienone is 5. The van der Waals surface area contributed by atoms with Crippen LogP contribution in [0.25, 0.3) is 0 Å². The molecule has 0 unspecified atom stereocenters. The van der Waals surface area contributed by atoms with Crippen LogP contribution in [-0.2, 0) is 6.42 Å². The van der Waals surface area contributed by atoms with E-state index in [1.807, 2.05) is 26.0 Å². The summed E-state index contributed by atoms with van der Waals surface area (Å²) in [5.41, 5.74) is 5.55. The Bertz CT molecular complexity index is 577. The fourth-order valence-electron chi connectivity index (χ4n) is 2.76. The lowest BCUT2D eigenvalue weighted by Crippen LogP contribution is -1.98. The van der Waals surface area contributed by atoms with E-state index in [-0.39, 0.29) is 5.92 Å². The van der Waals surface area contributed by atoms with Gasteiger partial charge in [0.1, 0.15) is 5.75 Å². The summed E-state index contributed by atoms with van der Waals surface area (Å²) in [6.45, 7) is 13.8. The van der Waals surface area contributed by atoms with Gasteiger partial charge >= 0.3 is 0 Å². The van der Waals surface area contributed by atoms with Crippen molar-refractivity contribution in [1.82, 2.24) is 0 Å². The first-order chi connectivity index (χ1) is 10.3. The second kappa shape index (κ2) is 7.88. The number of benzene rings is 1. The molecule has 0 amide bonds. The Kier molecular flexibility index (Phi) is 6.48. The van der Waals surface area contributed by atoms with E-state index < -0.39 is 0 Å². The van der Waals surface area contributed by atoms with E-state index >= 15 is 0 Å². The van der Waals surface area contributed by atoms with E-state index in [2.05, 4.69) is 20.4 Å². The van der Waals surface area contributed by atoms with Crippen LogP contribution in [0.1, 0.15) is 43.9 Å². The van der Waals surface area contributed by atoms with Crippen LogP contribution < -0.4 is 0 Å². The van der Waals surface area contributed by atoms with Crippen LogP contribution in [0.2, 0.25) is 0 Å². The number of phenolic OH excluding ortho intramolecular Hbond substituents is 1. The molecule has 120 valence electrons. The molecule has 0 saturated carbocycles. The summed E-state index contributed by atoms with van der Waals surface area (Å²) >= 11 is 0. The predicted octanol–water partition coefficient (Wildman–Crippen LogP) is 5.54. The largest absolute Gasteiger partial charge is 0.512 e. The zero-order valence-electron chi connectivity index (χ0n) is 14.4. The van der Waals surface area contributed by atoms with Crippen LogP contribution in [0.3, 0.4) is 0 Å². The maximum atomic E-state index is 9.80. The lowest BCUT2D eigenvalue weighted by atomic mass is 9.93. The molecule has 0 aromatic heterocycles. The zero-order chi connectivity index (χ0) is 16.9. The average Bonchev–Trinajstić information content (AvgIpc) is 2.39. The third-order valence-electron chi connectivity index (χ3n) is 3.99. The topological polar surface area (TPSA) is 40.5 Å². The van der Waals surface area contributed by atoms with Crippen molar-refractivity contribution in [3.63, 3.8) is 0 Å². The van der Waals surface area contributed by atoms with Gasteiger partial charge in [0.15, 0.2) is 0 Å². The Labute approximate surface area is 134 Å². The van der Waals surface area contributed by atoms with Crippen molar-refractivity contribution in [3.05, 3.63) is 64.5 Å². The van der Waals surface area contributed by atoms with Crippen LogP contribution in [0.15, 0.2) is 47.8 Å². The van der Waals surface area contributed by atoms with Gasteiger partial charge in [-0.1, -0.05) is 32.6 Å². The van der Waals surface area contributed by atoms with Crippen LogP contribution >= 0.6 is 0 Å². The van der Waals surface area contributed by atoms with Crippen molar-refractivity contribution in [2.24, 2.45) is 5.92 Å². The first-order valence-corrected chi connectivity index (χ1v) is 7.78. The van der Waals surface area contributed by atoms with Gasteiger partial charge in [-0.05, 0) is 79.5 Å². The molecular weight excluding hydrogens is 272 g/mol. The maximum absolute atomic E-state index is 9.80. The van der Waals surface area contributed by atoms with Crippen molar-refractivity contribution in [3.8, 4) is 5.75 Å². The molecule has 1 aromatic rings. The zero-order valence-corrected chi connectivity index (χ0v) is 14.4. The highest BCUT2D eigenvalue weighted by molar-refractivity contribution is 5.41. The Hall–Kier alpha value is -1.96. The van der Waals surface area contributed by atoms with Gasteiger partial charge in [0, 0.05) is 0 Å². The van der Waals surface area contributed by atoms with Gasteiger partial charge in [0.05, 0.1) is 5.76 Å². The molecule has 0 radical (unpaired) electrons. The van der Waals surface area contributed by atoms with Crippen molar-refractivity contribution in [2.45, 2.75) is 47.5 Å². The predicted molar refractivity (Wildman–Crippen MR) is 94.3 cm³/mol. The molecule has 0 aliphatic rings.